The number of thiophene rings is 1. The monoisotopic (exact) mass is 623 g/mol. The Morgan fingerprint density at radius 3 is 2.49 bits per heavy atom. The predicted octanol–water partition coefficient (Wildman–Crippen LogP) is 3.10. The van der Waals surface area contributed by atoms with Crippen LogP contribution in [0.25, 0.3) is 0 Å². The Morgan fingerprint density at radius 2 is 1.88 bits per heavy atom. The zero-order valence-electron chi connectivity index (χ0n) is 23.1. The van der Waals surface area contributed by atoms with Crippen LogP contribution in [0.5, 0.6) is 11.5 Å². The summed E-state index contributed by atoms with van der Waals surface area (Å²) >= 11 is 1.06. The van der Waals surface area contributed by atoms with Crippen LogP contribution in [0, 0.1) is 5.92 Å². The lowest BCUT2D eigenvalue weighted by Gasteiger charge is -2.38. The number of ether oxygens (including phenoxy) is 2. The maximum Gasteiger partial charge on any atom is 0.271 e. The van der Waals surface area contributed by atoms with E-state index in [4.69, 9.17) is 9.47 Å². The van der Waals surface area contributed by atoms with Crippen molar-refractivity contribution in [3.63, 3.8) is 0 Å². The first-order chi connectivity index (χ1) is 19.4. The van der Waals surface area contributed by atoms with Crippen LogP contribution in [0.3, 0.4) is 0 Å². The molecular formula is C27H33N3O8S3. The Labute approximate surface area is 244 Å². The highest BCUT2D eigenvalue weighted by atomic mass is 32.2. The van der Waals surface area contributed by atoms with Crippen LogP contribution >= 0.6 is 11.3 Å². The Morgan fingerprint density at radius 1 is 1.17 bits per heavy atom. The number of hydrogen-bond donors (Lipinski definition) is 2. The summed E-state index contributed by atoms with van der Waals surface area (Å²) < 4.78 is 67.4. The largest absolute Gasteiger partial charge is 0.497 e. The van der Waals surface area contributed by atoms with Gasteiger partial charge < -0.3 is 19.5 Å². The lowest BCUT2D eigenvalue weighted by atomic mass is 9.99. The lowest BCUT2D eigenvalue weighted by Crippen LogP contribution is -2.50. The molecule has 1 aliphatic heterocycles. The van der Waals surface area contributed by atoms with E-state index in [0.717, 1.165) is 11.3 Å². The summed E-state index contributed by atoms with van der Waals surface area (Å²) in [6, 6.07) is 13.0. The maximum atomic E-state index is 13.7. The van der Waals surface area contributed by atoms with E-state index in [1.807, 2.05) is 6.92 Å². The summed E-state index contributed by atoms with van der Waals surface area (Å²) in [6.07, 6.45) is -0.679. The molecule has 3 aromatic rings. The van der Waals surface area contributed by atoms with Gasteiger partial charge in [-0.2, -0.15) is 4.31 Å². The molecule has 41 heavy (non-hydrogen) atoms. The second-order valence-electron chi connectivity index (χ2n) is 9.83. The van der Waals surface area contributed by atoms with Crippen LogP contribution < -0.4 is 14.2 Å². The van der Waals surface area contributed by atoms with E-state index in [1.165, 1.54) is 59.8 Å². The van der Waals surface area contributed by atoms with E-state index in [0.29, 0.717) is 5.75 Å². The van der Waals surface area contributed by atoms with E-state index in [-0.39, 0.29) is 51.7 Å². The van der Waals surface area contributed by atoms with Crippen molar-refractivity contribution >= 4 is 43.0 Å². The molecule has 14 heteroatoms. The minimum atomic E-state index is -3.88. The number of benzene rings is 2. The molecule has 0 aliphatic carbocycles. The molecule has 0 bridgehead atoms. The van der Waals surface area contributed by atoms with E-state index in [9.17, 15) is 26.7 Å². The van der Waals surface area contributed by atoms with Gasteiger partial charge in [0.15, 0.2) is 0 Å². The SMILES string of the molecule is COc1ccc(S(=O)(=O)N(C)C[C@@H]2Oc3ccc(NS(=O)(=O)c4cccs4)cc3C(=O)N([C@@H](C)CO)C[C@@H]2C)cc1. The number of nitrogens with one attached hydrogen (secondary N) is 1. The highest BCUT2D eigenvalue weighted by Gasteiger charge is 2.35. The number of fused-ring (bicyclic) bond motifs is 1. The first-order valence-electron chi connectivity index (χ1n) is 12.8. The van der Waals surface area contributed by atoms with Crippen LogP contribution in [0.15, 0.2) is 69.1 Å². The molecule has 0 spiro atoms. The van der Waals surface area contributed by atoms with Gasteiger partial charge >= 0.3 is 0 Å². The van der Waals surface area contributed by atoms with Crippen LogP contribution in [0.4, 0.5) is 5.69 Å². The maximum absolute atomic E-state index is 13.7. The number of aliphatic hydroxyl groups is 1. The fourth-order valence-electron chi connectivity index (χ4n) is 4.40. The molecule has 1 aliphatic rings. The lowest BCUT2D eigenvalue weighted by molar-refractivity contribution is 0.0387. The van der Waals surface area contributed by atoms with Crippen molar-refractivity contribution in [2.45, 2.75) is 35.1 Å². The third-order valence-corrected chi connectivity index (χ3v) is 11.5. The van der Waals surface area contributed by atoms with Gasteiger partial charge in [-0.25, -0.2) is 16.8 Å². The first kappa shape index (κ1) is 30.8. The van der Waals surface area contributed by atoms with Gasteiger partial charge in [0.1, 0.15) is 21.8 Å². The Kier molecular flexibility index (Phi) is 9.29. The number of nitrogens with zero attached hydrogens (tertiary/aromatic N) is 2. The molecule has 0 saturated carbocycles. The Bertz CT molecular complexity index is 1580. The second kappa shape index (κ2) is 12.4. The smallest absolute Gasteiger partial charge is 0.271 e. The topological polar surface area (TPSA) is 143 Å². The molecule has 0 saturated heterocycles. The average Bonchev–Trinajstić information content (AvgIpc) is 3.51. The number of methoxy groups -OCH3 is 1. The fraction of sp³-hybridized carbons (Fsp3) is 0.370. The summed E-state index contributed by atoms with van der Waals surface area (Å²) in [5, 5.41) is 11.5. The molecule has 2 heterocycles. The van der Waals surface area contributed by atoms with E-state index in [1.54, 1.807) is 30.5 Å². The number of carbonyl (C=O) groups is 1. The number of likely N-dealkylation sites (N-methyl/N-ethyl adjacent to an activating group) is 1. The fourth-order valence-corrected chi connectivity index (χ4v) is 7.63. The van der Waals surface area contributed by atoms with Crippen LogP contribution in [0.2, 0.25) is 0 Å². The minimum absolute atomic E-state index is 0.0305. The van der Waals surface area contributed by atoms with E-state index in [2.05, 4.69) is 4.72 Å². The summed E-state index contributed by atoms with van der Waals surface area (Å²) in [4.78, 5) is 15.2. The van der Waals surface area contributed by atoms with Crippen molar-refractivity contribution in [3.8, 4) is 11.5 Å². The average molecular weight is 624 g/mol. The summed E-state index contributed by atoms with van der Waals surface area (Å²) in [5.41, 5.74) is 0.254. The molecule has 1 amide bonds. The van der Waals surface area contributed by atoms with Gasteiger partial charge in [0.05, 0.1) is 36.8 Å². The second-order valence-corrected chi connectivity index (χ2v) is 14.7. The molecule has 2 N–H and O–H groups in total. The number of sulfonamides is 2. The third-order valence-electron chi connectivity index (χ3n) is 6.88. The van der Waals surface area contributed by atoms with Gasteiger partial charge in [-0.3, -0.25) is 9.52 Å². The first-order valence-corrected chi connectivity index (χ1v) is 16.6. The molecule has 3 atom stereocenters. The number of rotatable bonds is 10. The molecule has 0 fully saturated rings. The van der Waals surface area contributed by atoms with E-state index >= 15 is 0 Å². The highest BCUT2D eigenvalue weighted by Crippen LogP contribution is 2.32. The summed E-state index contributed by atoms with van der Waals surface area (Å²) in [7, 11) is -4.79. The van der Waals surface area contributed by atoms with Gasteiger partial charge in [0.2, 0.25) is 10.0 Å². The summed E-state index contributed by atoms with van der Waals surface area (Å²) in [5.74, 6) is -0.0640. The number of anilines is 1. The van der Waals surface area contributed by atoms with Gasteiger partial charge in [0, 0.05) is 25.2 Å². The predicted molar refractivity (Wildman–Crippen MR) is 156 cm³/mol. The van der Waals surface area contributed by atoms with Gasteiger partial charge in [-0.05, 0) is 60.8 Å². The number of hydrogen-bond acceptors (Lipinski definition) is 9. The Balaban J connectivity index is 1.66. The van der Waals surface area contributed by atoms with Crippen molar-refractivity contribution in [3.05, 3.63) is 65.5 Å². The van der Waals surface area contributed by atoms with Crippen molar-refractivity contribution in [2.75, 3.05) is 38.6 Å². The van der Waals surface area contributed by atoms with Crippen LogP contribution in [0.1, 0.15) is 24.2 Å². The number of amides is 1. The standard InChI is InChI=1S/C27H33N3O8S3/c1-18-15-30(19(2)17-31)27(32)23-14-20(28-40(33,34)26-6-5-13-39-26)7-12-24(23)38-25(18)16-29(3)41(35,36)22-10-8-21(37-4)9-11-22/h5-14,18-19,25,28,31H,15-17H2,1-4H3/t18-,19-,25-/m0/s1. The minimum Gasteiger partial charge on any atom is -0.497 e. The van der Waals surface area contributed by atoms with Gasteiger partial charge in [0.25, 0.3) is 15.9 Å². The van der Waals surface area contributed by atoms with Crippen molar-refractivity contribution in [1.29, 1.82) is 0 Å². The van der Waals surface area contributed by atoms with Crippen LogP contribution in [-0.2, 0) is 20.0 Å². The molecule has 222 valence electrons. The highest BCUT2D eigenvalue weighted by molar-refractivity contribution is 7.94. The van der Waals surface area contributed by atoms with Crippen molar-refractivity contribution < 1.29 is 36.2 Å². The van der Waals surface area contributed by atoms with E-state index < -0.39 is 38.1 Å². The molecule has 1 aromatic heterocycles. The molecule has 11 nitrogen and oxygen atoms in total. The van der Waals surface area contributed by atoms with Crippen molar-refractivity contribution in [1.82, 2.24) is 9.21 Å². The Hall–Kier alpha value is -3.17. The molecule has 0 radical (unpaired) electrons. The molecule has 0 unspecified atom stereocenters. The normalized spacial score (nSPS) is 18.7. The number of aliphatic hydroxyl groups excluding tert-OH is 1. The number of carbonyl (C=O) groups excluding carboxylic acids is 1. The molecule has 4 rings (SSSR count). The zero-order chi connectivity index (χ0) is 29.9. The zero-order valence-corrected chi connectivity index (χ0v) is 25.5. The van der Waals surface area contributed by atoms with Gasteiger partial charge in [-0.1, -0.05) is 13.0 Å². The quantitative estimate of drug-likeness (QED) is 0.351. The summed E-state index contributed by atoms with van der Waals surface area (Å²) in [6.45, 7) is 3.39. The van der Waals surface area contributed by atoms with Crippen LogP contribution in [-0.4, -0.2) is 83.1 Å². The third kappa shape index (κ3) is 6.67. The molecule has 2 aromatic carbocycles. The van der Waals surface area contributed by atoms with Crippen molar-refractivity contribution in [2.24, 2.45) is 5.92 Å². The van der Waals surface area contributed by atoms with Gasteiger partial charge in [-0.15, -0.1) is 11.3 Å². The molecular weight excluding hydrogens is 591 g/mol.